The summed E-state index contributed by atoms with van der Waals surface area (Å²) in [4.78, 5) is 27.1. The molecule has 0 radical (unpaired) electrons. The van der Waals surface area contributed by atoms with Crippen molar-refractivity contribution in [2.75, 3.05) is 0 Å². The molecule has 2 aromatic rings. The molecule has 2 fully saturated rings. The molecule has 2 amide bonds. The highest BCUT2D eigenvalue weighted by Gasteiger charge is 2.59. The fourth-order valence-electron chi connectivity index (χ4n) is 6.18. The molecule has 6 rings (SSSR count). The third-order valence-corrected chi connectivity index (χ3v) is 8.97. The van der Waals surface area contributed by atoms with Gasteiger partial charge in [0.1, 0.15) is 11.1 Å². The molecular weight excluding hydrogens is 420 g/mol. The maximum atomic E-state index is 12.9. The first-order chi connectivity index (χ1) is 15.5. The van der Waals surface area contributed by atoms with Crippen molar-refractivity contribution in [3.05, 3.63) is 51.2 Å². The van der Waals surface area contributed by atoms with Crippen LogP contribution in [0.25, 0.3) is 5.00 Å². The minimum Gasteiger partial charge on any atom is -0.308 e. The summed E-state index contributed by atoms with van der Waals surface area (Å²) in [6.07, 6.45) is 11.0. The van der Waals surface area contributed by atoms with Gasteiger partial charge in [0.05, 0.1) is 23.6 Å². The van der Waals surface area contributed by atoms with Crippen molar-refractivity contribution >= 4 is 29.4 Å². The third kappa shape index (κ3) is 2.59. The van der Waals surface area contributed by atoms with E-state index in [1.807, 2.05) is 19.9 Å². The van der Waals surface area contributed by atoms with E-state index >= 15 is 0 Å². The summed E-state index contributed by atoms with van der Waals surface area (Å²) in [7, 11) is 0. The van der Waals surface area contributed by atoms with Crippen LogP contribution in [0.5, 0.6) is 0 Å². The van der Waals surface area contributed by atoms with Crippen LogP contribution in [-0.4, -0.2) is 27.6 Å². The van der Waals surface area contributed by atoms with Crippen LogP contribution < -0.4 is 0 Å². The Bertz CT molecular complexity index is 1240. The number of rotatable bonds is 3. The number of thiophene rings is 1. The van der Waals surface area contributed by atoms with Crippen molar-refractivity contribution in [3.63, 3.8) is 0 Å². The fourth-order valence-corrected chi connectivity index (χ4v) is 7.63. The number of amides is 2. The van der Waals surface area contributed by atoms with E-state index < -0.39 is 0 Å². The molecule has 0 N–H and O–H groups in total. The summed E-state index contributed by atoms with van der Waals surface area (Å²) in [5, 5.41) is 16.3. The van der Waals surface area contributed by atoms with Gasteiger partial charge >= 0.3 is 0 Å². The SMILES string of the molecule is Cc1cc(C=NN2C(=O)C3C4C=CC(C4)C3C2=O)c(C)n1-c1sc2c(c1C#N)CCCC2. The highest BCUT2D eigenvalue weighted by Crippen LogP contribution is 2.52. The first-order valence-corrected chi connectivity index (χ1v) is 12.1. The normalized spacial score (nSPS) is 28.1. The Hall–Kier alpha value is -2.98. The van der Waals surface area contributed by atoms with E-state index in [9.17, 15) is 14.9 Å². The van der Waals surface area contributed by atoms with Crippen LogP contribution in [0.4, 0.5) is 0 Å². The van der Waals surface area contributed by atoms with Crippen LogP contribution >= 0.6 is 11.3 Å². The molecule has 3 heterocycles. The summed E-state index contributed by atoms with van der Waals surface area (Å²) in [5.41, 5.74) is 4.83. The van der Waals surface area contributed by atoms with Gasteiger partial charge in [-0.05, 0) is 69.4 Å². The number of aryl methyl sites for hydroxylation is 2. The number of imide groups is 1. The smallest absolute Gasteiger partial charge is 0.254 e. The summed E-state index contributed by atoms with van der Waals surface area (Å²) >= 11 is 1.71. The minimum atomic E-state index is -0.238. The molecule has 3 aliphatic carbocycles. The van der Waals surface area contributed by atoms with Crippen molar-refractivity contribution in [2.45, 2.75) is 46.0 Å². The number of hydrogen-bond acceptors (Lipinski definition) is 5. The number of nitriles is 1. The molecule has 0 aromatic carbocycles. The second-order valence-electron chi connectivity index (χ2n) is 9.40. The molecule has 7 heteroatoms. The third-order valence-electron chi connectivity index (χ3n) is 7.70. The largest absolute Gasteiger partial charge is 0.308 e. The van der Waals surface area contributed by atoms with Gasteiger partial charge in [-0.3, -0.25) is 9.59 Å². The molecule has 2 aromatic heterocycles. The van der Waals surface area contributed by atoms with E-state index in [0.29, 0.717) is 0 Å². The Morgan fingerprint density at radius 3 is 2.50 bits per heavy atom. The lowest BCUT2D eigenvalue weighted by molar-refractivity contribution is -0.140. The van der Waals surface area contributed by atoms with Crippen molar-refractivity contribution in [2.24, 2.45) is 28.8 Å². The highest BCUT2D eigenvalue weighted by atomic mass is 32.1. The molecule has 32 heavy (non-hydrogen) atoms. The minimum absolute atomic E-state index is 0.167. The first kappa shape index (κ1) is 19.7. The standard InChI is InChI=1S/C25H24N4O2S/c1-13-9-17(12-27-29-23(30)21-15-7-8-16(10-15)22(21)24(29)31)14(2)28(13)25-19(11-26)18-5-3-4-6-20(18)32-25/h7-9,12,15-16,21-22H,3-6,10H2,1-2H3. The molecule has 162 valence electrons. The van der Waals surface area contributed by atoms with Gasteiger partial charge in [0.15, 0.2) is 0 Å². The zero-order chi connectivity index (χ0) is 22.1. The summed E-state index contributed by atoms with van der Waals surface area (Å²) in [6.45, 7) is 4.02. The zero-order valence-electron chi connectivity index (χ0n) is 18.2. The number of carbonyl (C=O) groups excluding carboxylic acids is 2. The van der Waals surface area contributed by atoms with E-state index in [-0.39, 0.29) is 35.5 Å². The number of hydrogen-bond donors (Lipinski definition) is 0. The highest BCUT2D eigenvalue weighted by molar-refractivity contribution is 7.15. The van der Waals surface area contributed by atoms with Gasteiger partial charge in [0, 0.05) is 21.8 Å². The monoisotopic (exact) mass is 444 g/mol. The van der Waals surface area contributed by atoms with E-state index in [0.717, 1.165) is 58.2 Å². The Morgan fingerprint density at radius 2 is 1.81 bits per heavy atom. The lowest BCUT2D eigenvalue weighted by Crippen LogP contribution is -2.28. The Morgan fingerprint density at radius 1 is 1.12 bits per heavy atom. The van der Waals surface area contributed by atoms with Crippen molar-refractivity contribution in [1.82, 2.24) is 9.58 Å². The number of fused-ring (bicyclic) bond motifs is 6. The number of hydrazone groups is 1. The molecule has 1 saturated carbocycles. The summed E-state index contributed by atoms with van der Waals surface area (Å²) < 4.78 is 2.12. The van der Waals surface area contributed by atoms with Crippen molar-refractivity contribution < 1.29 is 9.59 Å². The van der Waals surface area contributed by atoms with Crippen LogP contribution in [0, 0.1) is 48.9 Å². The van der Waals surface area contributed by atoms with Gasteiger partial charge in [-0.2, -0.15) is 15.4 Å². The summed E-state index contributed by atoms with van der Waals surface area (Å²) in [5.74, 6) is -0.448. The molecule has 6 nitrogen and oxygen atoms in total. The van der Waals surface area contributed by atoms with Crippen molar-refractivity contribution in [1.29, 1.82) is 5.26 Å². The predicted molar refractivity (Wildman–Crippen MR) is 122 cm³/mol. The van der Waals surface area contributed by atoms with Crippen LogP contribution in [-0.2, 0) is 22.4 Å². The second-order valence-corrected chi connectivity index (χ2v) is 10.5. The first-order valence-electron chi connectivity index (χ1n) is 11.3. The molecule has 4 unspecified atom stereocenters. The number of nitrogens with zero attached hydrogens (tertiary/aromatic N) is 4. The average molecular weight is 445 g/mol. The van der Waals surface area contributed by atoms with E-state index in [1.54, 1.807) is 17.6 Å². The molecule has 4 atom stereocenters. The van der Waals surface area contributed by atoms with Crippen LogP contribution in [0.15, 0.2) is 23.3 Å². The van der Waals surface area contributed by atoms with Crippen molar-refractivity contribution in [3.8, 4) is 11.1 Å². The van der Waals surface area contributed by atoms with Gasteiger partial charge in [-0.15, -0.1) is 11.3 Å². The Labute approximate surface area is 190 Å². The maximum Gasteiger partial charge on any atom is 0.254 e. The molecule has 1 aliphatic heterocycles. The van der Waals surface area contributed by atoms with Gasteiger partial charge in [0.2, 0.25) is 0 Å². The molecule has 0 spiro atoms. The molecular formula is C25H24N4O2S. The van der Waals surface area contributed by atoms with Crippen LogP contribution in [0.1, 0.15) is 52.2 Å². The molecule has 2 bridgehead atoms. The molecule has 1 saturated heterocycles. The van der Waals surface area contributed by atoms with Gasteiger partial charge in [-0.25, -0.2) is 0 Å². The molecule has 4 aliphatic rings. The number of carbonyl (C=O) groups is 2. The fraction of sp³-hybridized carbons (Fsp3) is 0.440. The van der Waals surface area contributed by atoms with Crippen LogP contribution in [0.2, 0.25) is 0 Å². The van der Waals surface area contributed by atoms with E-state index in [1.165, 1.54) is 16.9 Å². The maximum absolute atomic E-state index is 12.9. The predicted octanol–water partition coefficient (Wildman–Crippen LogP) is 4.05. The lowest BCUT2D eigenvalue weighted by Gasteiger charge is -2.13. The van der Waals surface area contributed by atoms with Gasteiger partial charge < -0.3 is 4.57 Å². The Balaban J connectivity index is 1.33. The Kier molecular flexibility index (Phi) is 4.31. The van der Waals surface area contributed by atoms with Gasteiger partial charge in [-0.1, -0.05) is 12.2 Å². The topological polar surface area (TPSA) is 78.5 Å². The zero-order valence-corrected chi connectivity index (χ0v) is 19.0. The quantitative estimate of drug-likeness (QED) is 0.407. The number of aromatic nitrogens is 1. The van der Waals surface area contributed by atoms with Gasteiger partial charge in [0.25, 0.3) is 11.8 Å². The summed E-state index contributed by atoms with van der Waals surface area (Å²) in [6, 6.07) is 4.45. The van der Waals surface area contributed by atoms with E-state index in [4.69, 9.17) is 0 Å². The van der Waals surface area contributed by atoms with Crippen LogP contribution in [0.3, 0.4) is 0 Å². The van der Waals surface area contributed by atoms with E-state index in [2.05, 4.69) is 27.9 Å². The number of allylic oxidation sites excluding steroid dienone is 2. The lowest BCUT2D eigenvalue weighted by atomic mass is 9.85. The second kappa shape index (κ2) is 7.01. The average Bonchev–Trinajstić information content (AvgIpc) is 3.57.